The summed E-state index contributed by atoms with van der Waals surface area (Å²) in [6.07, 6.45) is 6.28. The van der Waals surface area contributed by atoms with Crippen LogP contribution >= 0.6 is 0 Å². The van der Waals surface area contributed by atoms with E-state index in [1.165, 1.54) is 6.42 Å². The van der Waals surface area contributed by atoms with Crippen LogP contribution in [-0.2, 0) is 9.59 Å². The molecule has 0 radical (unpaired) electrons. The number of nitrogens with two attached hydrogens (primary N) is 1. The maximum absolute atomic E-state index is 11.3. The molecule has 6 heteroatoms. The van der Waals surface area contributed by atoms with E-state index in [0.717, 1.165) is 48.6 Å². The molecular formula is C20H30N2O4. The lowest BCUT2D eigenvalue weighted by molar-refractivity contribution is -0.137. The number of amides is 1. The van der Waals surface area contributed by atoms with Crippen LogP contribution in [0.4, 0.5) is 0 Å². The summed E-state index contributed by atoms with van der Waals surface area (Å²) in [5, 5.41) is 13.6. The quantitative estimate of drug-likeness (QED) is 0.656. The Bertz CT molecular complexity index is 657. The number of carbonyl (C=O) groups excluding carboxylic acids is 1. The fourth-order valence-corrected chi connectivity index (χ4v) is 4.37. The third-order valence-electron chi connectivity index (χ3n) is 5.73. The predicted molar refractivity (Wildman–Crippen MR) is 96.8 cm³/mol. The van der Waals surface area contributed by atoms with Crippen molar-refractivity contribution < 1.29 is 19.2 Å². The molecule has 0 aliphatic heterocycles. The van der Waals surface area contributed by atoms with E-state index < -0.39 is 11.9 Å². The Balaban J connectivity index is 1.77. The van der Waals surface area contributed by atoms with Crippen LogP contribution in [0.1, 0.15) is 100.0 Å². The van der Waals surface area contributed by atoms with Gasteiger partial charge in [0.05, 0.1) is 12.1 Å². The highest BCUT2D eigenvalue weighted by molar-refractivity contribution is 5.74. The fraction of sp³-hybridized carbons (Fsp3) is 0.750. The summed E-state index contributed by atoms with van der Waals surface area (Å²) in [5.74, 6) is 1.71. The minimum atomic E-state index is -0.883. The van der Waals surface area contributed by atoms with Gasteiger partial charge in [-0.25, -0.2) is 0 Å². The minimum absolute atomic E-state index is 0.0420. The average Bonchev–Trinajstić information content (AvgIpc) is 3.25. The second-order valence-corrected chi connectivity index (χ2v) is 8.58. The minimum Gasteiger partial charge on any atom is -0.481 e. The first-order chi connectivity index (χ1) is 12.3. The van der Waals surface area contributed by atoms with Gasteiger partial charge in [-0.15, -0.1) is 0 Å². The van der Waals surface area contributed by atoms with E-state index in [1.54, 1.807) is 0 Å². The van der Waals surface area contributed by atoms with E-state index in [2.05, 4.69) is 19.0 Å². The Labute approximate surface area is 154 Å². The summed E-state index contributed by atoms with van der Waals surface area (Å²) >= 11 is 0. The molecule has 0 unspecified atom stereocenters. The second kappa shape index (κ2) is 7.80. The number of aliphatic carboxylic acids is 1. The van der Waals surface area contributed by atoms with Crippen LogP contribution in [0.3, 0.4) is 0 Å². The molecule has 6 nitrogen and oxygen atoms in total. The Morgan fingerprint density at radius 1 is 1.27 bits per heavy atom. The molecule has 0 aromatic carbocycles. The van der Waals surface area contributed by atoms with Crippen LogP contribution in [0, 0.1) is 11.8 Å². The van der Waals surface area contributed by atoms with Crippen LogP contribution < -0.4 is 5.73 Å². The molecule has 2 saturated carbocycles. The molecule has 3 rings (SSSR count). The molecule has 0 bridgehead atoms. The number of hydrogen-bond acceptors (Lipinski definition) is 4. The molecule has 1 aromatic heterocycles. The Morgan fingerprint density at radius 2 is 1.96 bits per heavy atom. The standard InChI is InChI=1S/C20H30N2O4/c1-11(2)7-12-8-15(9-12)20-18(13-3-4-13)19(22-26-20)14(10-17(24)25)5-6-16(21)23/h11-15H,3-10H2,1-2H3,(H2,21,23)(H,24,25)/t12?,14-,15?/m0/s1. The van der Waals surface area contributed by atoms with Crippen molar-refractivity contribution in [3.63, 3.8) is 0 Å². The van der Waals surface area contributed by atoms with Crippen molar-refractivity contribution in [1.29, 1.82) is 0 Å². The summed E-state index contributed by atoms with van der Waals surface area (Å²) in [7, 11) is 0. The van der Waals surface area contributed by atoms with E-state index in [9.17, 15) is 14.7 Å². The number of carboxylic acids is 1. The highest BCUT2D eigenvalue weighted by Crippen LogP contribution is 2.52. The number of primary amides is 1. The van der Waals surface area contributed by atoms with Crippen LogP contribution in [0.25, 0.3) is 0 Å². The normalized spacial score (nSPS) is 23.7. The number of carboxylic acid groups (broad SMARTS) is 1. The molecule has 1 heterocycles. The molecule has 1 aromatic rings. The smallest absolute Gasteiger partial charge is 0.304 e. The number of rotatable bonds is 10. The molecule has 2 aliphatic carbocycles. The maximum atomic E-state index is 11.3. The molecule has 1 atom stereocenters. The van der Waals surface area contributed by atoms with Gasteiger partial charge >= 0.3 is 5.97 Å². The second-order valence-electron chi connectivity index (χ2n) is 8.58. The fourth-order valence-electron chi connectivity index (χ4n) is 4.37. The van der Waals surface area contributed by atoms with Gasteiger partial charge in [-0.2, -0.15) is 0 Å². The Kier molecular flexibility index (Phi) is 5.68. The lowest BCUT2D eigenvalue weighted by atomic mass is 9.69. The predicted octanol–water partition coefficient (Wildman–Crippen LogP) is 3.92. The molecular weight excluding hydrogens is 332 g/mol. The SMILES string of the molecule is CC(C)CC1CC(c2onc([C@@H](CCC(N)=O)CC(=O)O)c2C2CC2)C1. The van der Waals surface area contributed by atoms with E-state index in [4.69, 9.17) is 10.3 Å². The summed E-state index contributed by atoms with van der Waals surface area (Å²) < 4.78 is 5.76. The van der Waals surface area contributed by atoms with E-state index >= 15 is 0 Å². The lowest BCUT2D eigenvalue weighted by Crippen LogP contribution is -2.23. The van der Waals surface area contributed by atoms with Crippen LogP contribution in [0.5, 0.6) is 0 Å². The average molecular weight is 362 g/mol. The zero-order valence-corrected chi connectivity index (χ0v) is 15.7. The molecule has 0 spiro atoms. The van der Waals surface area contributed by atoms with Crippen molar-refractivity contribution in [2.24, 2.45) is 17.6 Å². The molecule has 0 saturated heterocycles. The van der Waals surface area contributed by atoms with Crippen LogP contribution in [0.2, 0.25) is 0 Å². The molecule has 2 fully saturated rings. The summed E-state index contributed by atoms with van der Waals surface area (Å²) in [6, 6.07) is 0. The zero-order valence-electron chi connectivity index (χ0n) is 15.7. The van der Waals surface area contributed by atoms with Gasteiger partial charge in [-0.05, 0) is 56.3 Å². The largest absolute Gasteiger partial charge is 0.481 e. The third kappa shape index (κ3) is 4.46. The molecule has 144 valence electrons. The summed E-state index contributed by atoms with van der Waals surface area (Å²) in [6.45, 7) is 4.51. The van der Waals surface area contributed by atoms with Crippen molar-refractivity contribution >= 4 is 11.9 Å². The number of nitrogens with zero attached hydrogens (tertiary/aromatic N) is 1. The van der Waals surface area contributed by atoms with Crippen molar-refractivity contribution in [1.82, 2.24) is 5.16 Å². The topological polar surface area (TPSA) is 106 Å². The first-order valence-electron chi connectivity index (χ1n) is 9.84. The molecule has 26 heavy (non-hydrogen) atoms. The zero-order chi connectivity index (χ0) is 18.8. The third-order valence-corrected chi connectivity index (χ3v) is 5.73. The van der Waals surface area contributed by atoms with Crippen molar-refractivity contribution in [2.75, 3.05) is 0 Å². The first kappa shape index (κ1) is 18.9. The maximum Gasteiger partial charge on any atom is 0.304 e. The van der Waals surface area contributed by atoms with Crippen LogP contribution in [0.15, 0.2) is 4.52 Å². The summed E-state index contributed by atoms with van der Waals surface area (Å²) in [5.41, 5.74) is 7.18. The molecule has 3 N–H and O–H groups in total. The Hall–Kier alpha value is -1.85. The van der Waals surface area contributed by atoms with Gasteiger partial charge in [-0.1, -0.05) is 19.0 Å². The van der Waals surface area contributed by atoms with Gasteiger partial charge < -0.3 is 15.4 Å². The number of hydrogen-bond donors (Lipinski definition) is 2. The highest BCUT2D eigenvalue weighted by atomic mass is 16.5. The van der Waals surface area contributed by atoms with Gasteiger partial charge in [0.2, 0.25) is 5.91 Å². The Morgan fingerprint density at radius 3 is 2.50 bits per heavy atom. The number of aromatic nitrogens is 1. The van der Waals surface area contributed by atoms with Gasteiger partial charge in [0.15, 0.2) is 0 Å². The highest BCUT2D eigenvalue weighted by Gasteiger charge is 2.41. The molecule has 2 aliphatic rings. The first-order valence-corrected chi connectivity index (χ1v) is 9.84. The molecule has 1 amide bonds. The van der Waals surface area contributed by atoms with E-state index in [0.29, 0.717) is 24.2 Å². The van der Waals surface area contributed by atoms with Gasteiger partial charge in [-0.3, -0.25) is 9.59 Å². The monoisotopic (exact) mass is 362 g/mol. The lowest BCUT2D eigenvalue weighted by Gasteiger charge is -2.35. The van der Waals surface area contributed by atoms with E-state index in [1.807, 2.05) is 0 Å². The van der Waals surface area contributed by atoms with Crippen LogP contribution in [-0.4, -0.2) is 22.1 Å². The van der Waals surface area contributed by atoms with Gasteiger partial charge in [0, 0.05) is 23.8 Å². The van der Waals surface area contributed by atoms with Crippen molar-refractivity contribution in [3.8, 4) is 0 Å². The van der Waals surface area contributed by atoms with Crippen molar-refractivity contribution in [2.45, 2.75) is 83.0 Å². The van der Waals surface area contributed by atoms with Gasteiger partial charge in [0.1, 0.15) is 5.76 Å². The summed E-state index contributed by atoms with van der Waals surface area (Å²) in [4.78, 5) is 22.5. The number of carbonyl (C=O) groups is 2. The van der Waals surface area contributed by atoms with Gasteiger partial charge in [0.25, 0.3) is 0 Å². The van der Waals surface area contributed by atoms with Crippen molar-refractivity contribution in [3.05, 3.63) is 17.0 Å². The van der Waals surface area contributed by atoms with E-state index in [-0.39, 0.29) is 18.8 Å².